The summed E-state index contributed by atoms with van der Waals surface area (Å²) < 4.78 is 5.21. The molecule has 1 fully saturated rings. The summed E-state index contributed by atoms with van der Waals surface area (Å²) in [7, 11) is 1.76. The zero-order chi connectivity index (χ0) is 13.3. The third-order valence-electron chi connectivity index (χ3n) is 2.41. The van der Waals surface area contributed by atoms with Gasteiger partial charge in [0.1, 0.15) is 0 Å². The number of hydrogen-bond acceptors (Lipinski definition) is 3. The Hall–Kier alpha value is -1.09. The zero-order valence-corrected chi connectivity index (χ0v) is 12.0. The summed E-state index contributed by atoms with van der Waals surface area (Å²) >= 11 is 0. The average molecular weight is 238 g/mol. The molecule has 2 rings (SSSR count). The largest absolute Gasteiger partial charge is 0.378 e. The fourth-order valence-corrected chi connectivity index (χ4v) is 1.51. The van der Waals surface area contributed by atoms with Gasteiger partial charge in [-0.15, -0.1) is 0 Å². The van der Waals surface area contributed by atoms with E-state index in [-0.39, 0.29) is 0 Å². The summed E-state index contributed by atoms with van der Waals surface area (Å²) in [5.41, 5.74) is 2.41. The fourth-order valence-electron chi connectivity index (χ4n) is 1.51. The highest BCUT2D eigenvalue weighted by Gasteiger charge is 2.26. The van der Waals surface area contributed by atoms with Gasteiger partial charge in [0.25, 0.3) is 0 Å². The van der Waals surface area contributed by atoms with Gasteiger partial charge in [0.05, 0.1) is 18.0 Å². The van der Waals surface area contributed by atoms with Crippen molar-refractivity contribution < 1.29 is 4.74 Å². The van der Waals surface area contributed by atoms with Crippen LogP contribution in [-0.2, 0) is 4.74 Å². The van der Waals surface area contributed by atoms with Gasteiger partial charge in [0.2, 0.25) is 0 Å². The number of hydrogen-bond donors (Lipinski definition) is 0. The molecule has 2 heterocycles. The number of anilines is 1. The third kappa shape index (κ3) is 4.73. The van der Waals surface area contributed by atoms with Crippen LogP contribution in [0.15, 0.2) is 18.5 Å². The summed E-state index contributed by atoms with van der Waals surface area (Å²) in [6.07, 6.45) is 4.18. The molecule has 1 aromatic heterocycles. The van der Waals surface area contributed by atoms with E-state index in [1.54, 1.807) is 7.11 Å². The summed E-state index contributed by atoms with van der Waals surface area (Å²) in [5.74, 6) is 0. The molecule has 0 aromatic carbocycles. The molecule has 0 atom stereocenters. The second-order valence-corrected chi connectivity index (χ2v) is 3.48. The van der Waals surface area contributed by atoms with E-state index < -0.39 is 0 Å². The molecular weight excluding hydrogens is 212 g/mol. The number of ether oxygens (including phenoxy) is 1. The molecule has 0 bridgehead atoms. The molecule has 3 nitrogen and oxygen atoms in total. The van der Waals surface area contributed by atoms with Crippen molar-refractivity contribution in [2.24, 2.45) is 0 Å². The van der Waals surface area contributed by atoms with Gasteiger partial charge in [-0.3, -0.25) is 4.98 Å². The monoisotopic (exact) mass is 238 g/mol. The lowest BCUT2D eigenvalue weighted by Crippen LogP contribution is -2.51. The van der Waals surface area contributed by atoms with E-state index >= 15 is 0 Å². The highest BCUT2D eigenvalue weighted by atomic mass is 16.5. The van der Waals surface area contributed by atoms with Crippen molar-refractivity contribution in [1.29, 1.82) is 0 Å². The van der Waals surface area contributed by atoms with Gasteiger partial charge in [-0.25, -0.2) is 0 Å². The first-order valence-electron chi connectivity index (χ1n) is 6.49. The van der Waals surface area contributed by atoms with Gasteiger partial charge in [-0.2, -0.15) is 0 Å². The third-order valence-corrected chi connectivity index (χ3v) is 2.41. The van der Waals surface area contributed by atoms with E-state index in [4.69, 9.17) is 4.74 Å². The summed E-state index contributed by atoms with van der Waals surface area (Å²) in [4.78, 5) is 6.43. The first-order valence-corrected chi connectivity index (χ1v) is 6.49. The van der Waals surface area contributed by atoms with Crippen LogP contribution in [0.5, 0.6) is 0 Å². The fraction of sp³-hybridized carbons (Fsp3) is 0.643. The van der Waals surface area contributed by atoms with Crippen molar-refractivity contribution in [3.05, 3.63) is 24.0 Å². The molecule has 1 aliphatic rings. The van der Waals surface area contributed by atoms with Crippen LogP contribution in [0.25, 0.3) is 0 Å². The smallest absolute Gasteiger partial charge is 0.0920 e. The first-order chi connectivity index (χ1) is 8.29. The highest BCUT2D eigenvalue weighted by molar-refractivity contribution is 5.48. The van der Waals surface area contributed by atoms with E-state index in [0.717, 1.165) is 13.1 Å². The molecule has 0 N–H and O–H groups in total. The van der Waals surface area contributed by atoms with Crippen LogP contribution in [0.4, 0.5) is 5.69 Å². The van der Waals surface area contributed by atoms with Crippen molar-refractivity contribution in [1.82, 2.24) is 4.98 Å². The van der Waals surface area contributed by atoms with Crippen molar-refractivity contribution in [3.8, 4) is 0 Å². The van der Waals surface area contributed by atoms with Gasteiger partial charge in [0, 0.05) is 26.4 Å². The molecule has 0 radical (unpaired) electrons. The number of rotatable bonds is 2. The quantitative estimate of drug-likeness (QED) is 0.790. The number of aromatic nitrogens is 1. The number of nitrogens with zero attached hydrogens (tertiary/aromatic N) is 2. The standard InChI is InChI=1S/C10H14N2O.2C2H6/c1-8-3-9(5-11-4-8)12-6-10(7-12)13-2;2*1-2/h3-5,10H,6-7H2,1-2H3;2*1-2H3. The van der Waals surface area contributed by atoms with E-state index in [9.17, 15) is 0 Å². The minimum atomic E-state index is 0.403. The first kappa shape index (κ1) is 15.9. The molecule has 1 aliphatic heterocycles. The Morgan fingerprint density at radius 3 is 2.24 bits per heavy atom. The lowest BCUT2D eigenvalue weighted by atomic mass is 10.1. The maximum absolute atomic E-state index is 5.21. The topological polar surface area (TPSA) is 25.4 Å². The van der Waals surface area contributed by atoms with Gasteiger partial charge in [-0.05, 0) is 18.6 Å². The number of aryl methyl sites for hydroxylation is 1. The molecule has 1 aromatic rings. The van der Waals surface area contributed by atoms with Crippen LogP contribution in [0.2, 0.25) is 0 Å². The summed E-state index contributed by atoms with van der Waals surface area (Å²) in [6, 6.07) is 2.15. The van der Waals surface area contributed by atoms with Crippen molar-refractivity contribution >= 4 is 5.69 Å². The Morgan fingerprint density at radius 1 is 1.18 bits per heavy atom. The van der Waals surface area contributed by atoms with Crippen LogP contribution in [0, 0.1) is 6.92 Å². The van der Waals surface area contributed by atoms with Gasteiger partial charge >= 0.3 is 0 Å². The van der Waals surface area contributed by atoms with Gasteiger partial charge in [0.15, 0.2) is 0 Å². The summed E-state index contributed by atoms with van der Waals surface area (Å²) in [6.45, 7) is 12.0. The second kappa shape index (κ2) is 8.99. The Kier molecular flexibility index (Phi) is 8.42. The molecule has 0 unspecified atom stereocenters. The molecule has 17 heavy (non-hydrogen) atoms. The molecule has 0 saturated carbocycles. The van der Waals surface area contributed by atoms with E-state index in [1.807, 2.05) is 40.1 Å². The van der Waals surface area contributed by atoms with Crippen molar-refractivity contribution in [2.45, 2.75) is 40.7 Å². The molecule has 0 amide bonds. The van der Waals surface area contributed by atoms with Crippen molar-refractivity contribution in [2.75, 3.05) is 25.1 Å². The average Bonchev–Trinajstić information content (AvgIpc) is 2.33. The Morgan fingerprint density at radius 2 is 1.76 bits per heavy atom. The molecule has 1 saturated heterocycles. The summed E-state index contributed by atoms with van der Waals surface area (Å²) in [5, 5.41) is 0. The van der Waals surface area contributed by atoms with E-state index in [2.05, 4.69) is 22.9 Å². The van der Waals surface area contributed by atoms with Crippen LogP contribution in [-0.4, -0.2) is 31.3 Å². The minimum absolute atomic E-state index is 0.403. The van der Waals surface area contributed by atoms with Crippen LogP contribution in [0.3, 0.4) is 0 Å². The molecule has 98 valence electrons. The number of pyridine rings is 1. The van der Waals surface area contributed by atoms with E-state index in [0.29, 0.717) is 6.10 Å². The lowest BCUT2D eigenvalue weighted by Gasteiger charge is -2.39. The van der Waals surface area contributed by atoms with E-state index in [1.165, 1.54) is 11.3 Å². The molecule has 3 heteroatoms. The maximum Gasteiger partial charge on any atom is 0.0920 e. The predicted molar refractivity (Wildman–Crippen MR) is 74.7 cm³/mol. The normalized spacial score (nSPS) is 13.9. The Bertz CT molecular complexity index is 296. The SMILES string of the molecule is CC.CC.COC1CN(c2cncc(C)c2)C1. The van der Waals surface area contributed by atoms with Crippen molar-refractivity contribution in [3.63, 3.8) is 0 Å². The Balaban J connectivity index is 0.000000581. The molecule has 0 spiro atoms. The number of methoxy groups -OCH3 is 1. The van der Waals surface area contributed by atoms with Gasteiger partial charge < -0.3 is 9.64 Å². The lowest BCUT2D eigenvalue weighted by molar-refractivity contribution is 0.0787. The Labute approximate surface area is 106 Å². The maximum atomic E-state index is 5.21. The molecular formula is C14H26N2O. The predicted octanol–water partition coefficient (Wildman–Crippen LogP) is 3.28. The van der Waals surface area contributed by atoms with Crippen LogP contribution in [0.1, 0.15) is 33.3 Å². The van der Waals surface area contributed by atoms with Crippen LogP contribution >= 0.6 is 0 Å². The van der Waals surface area contributed by atoms with Crippen LogP contribution < -0.4 is 4.90 Å². The minimum Gasteiger partial charge on any atom is -0.378 e. The highest BCUT2D eigenvalue weighted by Crippen LogP contribution is 2.21. The molecule has 0 aliphatic carbocycles. The van der Waals surface area contributed by atoms with Gasteiger partial charge in [-0.1, -0.05) is 27.7 Å². The second-order valence-electron chi connectivity index (χ2n) is 3.48. The zero-order valence-electron chi connectivity index (χ0n) is 12.0.